The number of hydrogen-bond donors (Lipinski definition) is 0. The van der Waals surface area contributed by atoms with Crippen molar-refractivity contribution in [1.82, 2.24) is 4.98 Å². The van der Waals surface area contributed by atoms with Crippen LogP contribution in [0.3, 0.4) is 0 Å². The maximum atomic E-state index is 11.6. The second kappa shape index (κ2) is 3.38. The largest absolute Gasteiger partial charge is 0.409 e. The van der Waals surface area contributed by atoms with Crippen LogP contribution in [0, 0.1) is 0 Å². The van der Waals surface area contributed by atoms with Crippen LogP contribution >= 0.6 is 0 Å². The van der Waals surface area contributed by atoms with E-state index in [1.807, 2.05) is 0 Å². The average Bonchev–Trinajstić information content (AvgIpc) is 2.02. The van der Waals surface area contributed by atoms with Crippen LogP contribution in [0.5, 0.6) is 0 Å². The number of alkyl halides is 3. The lowest BCUT2D eigenvalue weighted by atomic mass is 10.2. The molecule has 1 aromatic heterocycles. The molecule has 12 heavy (non-hydrogen) atoms. The Morgan fingerprint density at radius 1 is 1.33 bits per heavy atom. The molecule has 0 unspecified atom stereocenters. The predicted octanol–water partition coefficient (Wildman–Crippen LogP) is 2.66. The molecule has 0 bridgehead atoms. The van der Waals surface area contributed by atoms with Crippen molar-refractivity contribution < 1.29 is 13.2 Å². The van der Waals surface area contributed by atoms with E-state index in [2.05, 4.69) is 4.98 Å². The van der Waals surface area contributed by atoms with Gasteiger partial charge in [-0.3, -0.25) is 4.98 Å². The molecular weight excluding hydrogens is 167 g/mol. The quantitative estimate of drug-likeness (QED) is 0.636. The van der Waals surface area contributed by atoms with Crippen LogP contribution in [0.1, 0.15) is 5.56 Å². The number of hydrogen-bond acceptors (Lipinski definition) is 1. The summed E-state index contributed by atoms with van der Waals surface area (Å²) in [7, 11) is 0. The highest BCUT2D eigenvalue weighted by atomic mass is 19.4. The highest BCUT2D eigenvalue weighted by molar-refractivity contribution is 5.47. The Morgan fingerprint density at radius 3 is 2.58 bits per heavy atom. The molecular formula is C8H6F3N. The standard InChI is InChI=1S/C8H6F3N/c9-8(10,11)4-3-7-2-1-5-12-6-7/h1-6H/b4-3+. The van der Waals surface area contributed by atoms with Crippen LogP contribution in [0.4, 0.5) is 13.2 Å². The topological polar surface area (TPSA) is 12.9 Å². The van der Waals surface area contributed by atoms with Crippen molar-refractivity contribution in [2.75, 3.05) is 0 Å². The van der Waals surface area contributed by atoms with Gasteiger partial charge >= 0.3 is 6.18 Å². The summed E-state index contributed by atoms with van der Waals surface area (Å²) in [6.07, 6.45) is -0.222. The van der Waals surface area contributed by atoms with E-state index in [9.17, 15) is 13.2 Å². The van der Waals surface area contributed by atoms with Gasteiger partial charge in [0.25, 0.3) is 0 Å². The lowest BCUT2D eigenvalue weighted by Crippen LogP contribution is -2.00. The van der Waals surface area contributed by atoms with Crippen molar-refractivity contribution in [3.63, 3.8) is 0 Å². The van der Waals surface area contributed by atoms with Crippen molar-refractivity contribution >= 4 is 6.08 Å². The lowest BCUT2D eigenvalue weighted by molar-refractivity contribution is -0.0790. The Morgan fingerprint density at radius 2 is 2.08 bits per heavy atom. The summed E-state index contributed by atoms with van der Waals surface area (Å²) in [5.41, 5.74) is 0.440. The first-order chi connectivity index (χ1) is 5.58. The summed E-state index contributed by atoms with van der Waals surface area (Å²) < 4.78 is 34.9. The predicted molar refractivity (Wildman–Crippen MR) is 39.3 cm³/mol. The molecule has 1 nitrogen and oxygen atoms in total. The summed E-state index contributed by atoms with van der Waals surface area (Å²) in [4.78, 5) is 3.67. The van der Waals surface area contributed by atoms with Crippen LogP contribution in [-0.4, -0.2) is 11.2 Å². The molecule has 0 aliphatic rings. The van der Waals surface area contributed by atoms with Crippen LogP contribution in [-0.2, 0) is 0 Å². The zero-order valence-electron chi connectivity index (χ0n) is 6.05. The van der Waals surface area contributed by atoms with Gasteiger partial charge in [-0.05, 0) is 17.7 Å². The summed E-state index contributed by atoms with van der Waals surface area (Å²) >= 11 is 0. The van der Waals surface area contributed by atoms with Gasteiger partial charge in [-0.25, -0.2) is 0 Å². The summed E-state index contributed by atoms with van der Waals surface area (Å²) in [6, 6.07) is 3.13. The Bertz CT molecular complexity index is 263. The SMILES string of the molecule is FC(F)(F)/C=C/c1cccnc1. The molecule has 1 aromatic rings. The maximum Gasteiger partial charge on any atom is 0.409 e. The van der Waals surface area contributed by atoms with E-state index < -0.39 is 6.18 Å². The molecule has 4 heteroatoms. The summed E-state index contributed by atoms with van der Waals surface area (Å²) in [6.45, 7) is 0. The summed E-state index contributed by atoms with van der Waals surface area (Å²) in [5, 5.41) is 0. The smallest absolute Gasteiger partial charge is 0.264 e. The Balaban J connectivity index is 2.71. The van der Waals surface area contributed by atoms with Gasteiger partial charge in [0.15, 0.2) is 0 Å². The minimum atomic E-state index is -4.25. The third-order valence-electron chi connectivity index (χ3n) is 1.15. The number of rotatable bonds is 1. The molecule has 0 radical (unpaired) electrons. The van der Waals surface area contributed by atoms with Gasteiger partial charge in [-0.1, -0.05) is 6.07 Å². The molecule has 0 aromatic carbocycles. The minimum absolute atomic E-state index is 0.185. The third-order valence-corrected chi connectivity index (χ3v) is 1.15. The van der Waals surface area contributed by atoms with E-state index in [1.165, 1.54) is 12.4 Å². The number of allylic oxidation sites excluding steroid dienone is 1. The molecule has 0 N–H and O–H groups in total. The third kappa shape index (κ3) is 3.18. The molecule has 64 valence electrons. The number of nitrogens with zero attached hydrogens (tertiary/aromatic N) is 1. The highest BCUT2D eigenvalue weighted by Crippen LogP contribution is 2.17. The van der Waals surface area contributed by atoms with Crippen molar-refractivity contribution in [2.45, 2.75) is 6.18 Å². The maximum absolute atomic E-state index is 11.6. The van der Waals surface area contributed by atoms with E-state index in [-0.39, 0.29) is 6.08 Å². The van der Waals surface area contributed by atoms with Crippen LogP contribution in [0.25, 0.3) is 6.08 Å². The average molecular weight is 173 g/mol. The van der Waals surface area contributed by atoms with Gasteiger partial charge in [-0.15, -0.1) is 0 Å². The van der Waals surface area contributed by atoms with E-state index in [0.717, 1.165) is 6.08 Å². The first-order valence-corrected chi connectivity index (χ1v) is 3.24. The molecule has 0 spiro atoms. The molecule has 1 heterocycles. The van der Waals surface area contributed by atoms with Crippen molar-refractivity contribution in [1.29, 1.82) is 0 Å². The zero-order chi connectivity index (χ0) is 9.03. The van der Waals surface area contributed by atoms with Gasteiger partial charge in [0.05, 0.1) is 0 Å². The molecule has 0 fully saturated rings. The Kier molecular flexibility index (Phi) is 2.47. The monoisotopic (exact) mass is 173 g/mol. The fraction of sp³-hybridized carbons (Fsp3) is 0.125. The van der Waals surface area contributed by atoms with Gasteiger partial charge in [-0.2, -0.15) is 13.2 Å². The second-order valence-corrected chi connectivity index (χ2v) is 2.16. The van der Waals surface area contributed by atoms with E-state index >= 15 is 0 Å². The minimum Gasteiger partial charge on any atom is -0.264 e. The van der Waals surface area contributed by atoms with Crippen LogP contribution in [0.15, 0.2) is 30.6 Å². The zero-order valence-corrected chi connectivity index (χ0v) is 6.05. The van der Waals surface area contributed by atoms with E-state index in [1.54, 1.807) is 12.1 Å². The normalized spacial score (nSPS) is 12.2. The van der Waals surface area contributed by atoms with Gasteiger partial charge < -0.3 is 0 Å². The molecule has 0 saturated carbocycles. The number of halogens is 3. The molecule has 0 saturated heterocycles. The number of aromatic nitrogens is 1. The number of pyridine rings is 1. The molecule has 0 aliphatic carbocycles. The molecule has 0 aliphatic heterocycles. The highest BCUT2D eigenvalue weighted by Gasteiger charge is 2.21. The molecule has 1 rings (SSSR count). The fourth-order valence-electron chi connectivity index (χ4n) is 0.665. The van der Waals surface area contributed by atoms with Gasteiger partial charge in [0, 0.05) is 18.5 Å². The van der Waals surface area contributed by atoms with Gasteiger partial charge in [0.1, 0.15) is 0 Å². The molecule has 0 atom stereocenters. The Labute approximate surface area is 67.6 Å². The summed E-state index contributed by atoms with van der Waals surface area (Å²) in [5.74, 6) is 0. The molecule has 0 amide bonds. The first-order valence-electron chi connectivity index (χ1n) is 3.24. The lowest BCUT2D eigenvalue weighted by Gasteiger charge is -1.96. The van der Waals surface area contributed by atoms with Gasteiger partial charge in [0.2, 0.25) is 0 Å². The van der Waals surface area contributed by atoms with Crippen molar-refractivity contribution in [3.05, 3.63) is 36.2 Å². The van der Waals surface area contributed by atoms with E-state index in [4.69, 9.17) is 0 Å². The fourth-order valence-corrected chi connectivity index (χ4v) is 0.665. The van der Waals surface area contributed by atoms with Crippen LogP contribution in [0.2, 0.25) is 0 Å². The second-order valence-electron chi connectivity index (χ2n) is 2.16. The Hall–Kier alpha value is -1.32. The van der Waals surface area contributed by atoms with Crippen molar-refractivity contribution in [2.24, 2.45) is 0 Å². The van der Waals surface area contributed by atoms with E-state index in [0.29, 0.717) is 5.56 Å². The van der Waals surface area contributed by atoms with Crippen molar-refractivity contribution in [3.8, 4) is 0 Å². The van der Waals surface area contributed by atoms with Crippen LogP contribution < -0.4 is 0 Å². The first kappa shape index (κ1) is 8.77.